The summed E-state index contributed by atoms with van der Waals surface area (Å²) in [6.45, 7) is 3.29. The van der Waals surface area contributed by atoms with E-state index in [0.717, 1.165) is 19.4 Å². The lowest BCUT2D eigenvalue weighted by Crippen LogP contribution is -2.38. The molecule has 0 N–H and O–H groups in total. The smallest absolute Gasteiger partial charge is 0.199 e. The van der Waals surface area contributed by atoms with Crippen molar-refractivity contribution < 1.29 is 12.8 Å². The average molecular weight is 413 g/mol. The molecule has 1 atom stereocenters. The van der Waals surface area contributed by atoms with Crippen LogP contribution in [0.1, 0.15) is 26.2 Å². The van der Waals surface area contributed by atoms with Gasteiger partial charge in [0.25, 0.3) is 0 Å². The Bertz CT molecular complexity index is 968. The van der Waals surface area contributed by atoms with Crippen molar-refractivity contribution in [2.24, 2.45) is 7.05 Å². The summed E-state index contributed by atoms with van der Waals surface area (Å²) in [6.07, 6.45) is 2.62. The van der Waals surface area contributed by atoms with Gasteiger partial charge in [-0.2, -0.15) is 5.10 Å². The normalized spacial score (nSPS) is 19.0. The first-order valence-electron chi connectivity index (χ1n) is 9.15. The van der Waals surface area contributed by atoms with Crippen molar-refractivity contribution in [1.29, 1.82) is 0 Å². The Hall–Kier alpha value is -1.58. The number of unbranched alkanes of at least 4 members (excludes halogenated alkanes) is 1. The van der Waals surface area contributed by atoms with Crippen LogP contribution in [-0.4, -0.2) is 51.8 Å². The van der Waals surface area contributed by atoms with Gasteiger partial charge in [0.15, 0.2) is 20.4 Å². The van der Waals surface area contributed by atoms with Crippen LogP contribution in [0, 0.1) is 10.6 Å². The molecule has 2 heterocycles. The lowest BCUT2D eigenvalue weighted by atomic mass is 10.2. The molecule has 3 rings (SSSR count). The Morgan fingerprint density at radius 1 is 1.37 bits per heavy atom. The van der Waals surface area contributed by atoms with E-state index in [1.54, 1.807) is 34.5 Å². The summed E-state index contributed by atoms with van der Waals surface area (Å²) in [5.74, 6) is 0.524. The van der Waals surface area contributed by atoms with Crippen molar-refractivity contribution in [2.75, 3.05) is 18.1 Å². The van der Waals surface area contributed by atoms with Crippen LogP contribution in [0.25, 0.3) is 11.4 Å². The van der Waals surface area contributed by atoms with Crippen molar-refractivity contribution in [3.8, 4) is 11.4 Å². The first-order chi connectivity index (χ1) is 12.8. The monoisotopic (exact) mass is 412 g/mol. The first-order valence-corrected chi connectivity index (χ1v) is 11.4. The van der Waals surface area contributed by atoms with E-state index in [1.165, 1.54) is 6.07 Å². The summed E-state index contributed by atoms with van der Waals surface area (Å²) in [5.41, 5.74) is 0.397. The van der Waals surface area contributed by atoms with Crippen molar-refractivity contribution in [2.45, 2.75) is 38.9 Å². The van der Waals surface area contributed by atoms with Crippen LogP contribution in [0.4, 0.5) is 4.39 Å². The molecule has 1 aromatic heterocycles. The third-order valence-corrected chi connectivity index (χ3v) is 7.23. The molecule has 0 unspecified atom stereocenters. The molecular weight excluding hydrogens is 387 g/mol. The highest BCUT2D eigenvalue weighted by Crippen LogP contribution is 2.22. The van der Waals surface area contributed by atoms with Gasteiger partial charge < -0.3 is 4.57 Å². The van der Waals surface area contributed by atoms with Gasteiger partial charge in [-0.3, -0.25) is 4.90 Å². The number of nitrogens with zero attached hydrogens (tertiary/aromatic N) is 4. The topological polar surface area (TPSA) is 60.1 Å². The fraction of sp³-hybridized carbons (Fsp3) is 0.556. The second kappa shape index (κ2) is 8.20. The minimum Gasteiger partial charge on any atom is -0.303 e. The molecule has 1 saturated heterocycles. The summed E-state index contributed by atoms with van der Waals surface area (Å²) in [5, 5.41) is 4.54. The molecule has 27 heavy (non-hydrogen) atoms. The quantitative estimate of drug-likeness (QED) is 0.655. The Morgan fingerprint density at radius 3 is 2.74 bits per heavy atom. The summed E-state index contributed by atoms with van der Waals surface area (Å²) in [4.78, 5) is 2.14. The predicted octanol–water partition coefficient (Wildman–Crippen LogP) is 3.00. The fourth-order valence-electron chi connectivity index (χ4n) is 3.42. The number of hydrogen-bond donors (Lipinski definition) is 0. The van der Waals surface area contributed by atoms with Crippen LogP contribution >= 0.6 is 12.2 Å². The standard InChI is InChI=1S/C18H25FN4O2S2/c1-3-4-10-22(14-9-11-27(24,25)12-14)13-23-18(26)21(2)17(20-23)15-7-5-6-8-16(15)19/h5-8,14H,3-4,9-13H2,1-2H3/t14-/m1/s1. The summed E-state index contributed by atoms with van der Waals surface area (Å²) in [7, 11) is -1.20. The van der Waals surface area contributed by atoms with E-state index in [0.29, 0.717) is 29.2 Å². The van der Waals surface area contributed by atoms with Gasteiger partial charge in [-0.25, -0.2) is 17.5 Å². The number of halogens is 1. The van der Waals surface area contributed by atoms with Gasteiger partial charge in [0.2, 0.25) is 0 Å². The van der Waals surface area contributed by atoms with Crippen molar-refractivity contribution >= 4 is 22.1 Å². The molecule has 0 saturated carbocycles. The molecule has 0 radical (unpaired) electrons. The third-order valence-electron chi connectivity index (χ3n) is 4.99. The fourth-order valence-corrected chi connectivity index (χ4v) is 5.37. The molecule has 2 aromatic rings. The van der Waals surface area contributed by atoms with Crippen LogP contribution < -0.4 is 0 Å². The van der Waals surface area contributed by atoms with Crippen molar-refractivity contribution in [1.82, 2.24) is 19.2 Å². The number of aromatic nitrogens is 3. The van der Waals surface area contributed by atoms with Gasteiger partial charge in [-0.15, -0.1) is 0 Å². The molecule has 6 nitrogen and oxygen atoms in total. The molecule has 0 bridgehead atoms. The second-order valence-electron chi connectivity index (χ2n) is 7.01. The highest BCUT2D eigenvalue weighted by atomic mass is 32.2. The zero-order valence-electron chi connectivity index (χ0n) is 15.6. The van der Waals surface area contributed by atoms with Gasteiger partial charge in [-0.05, 0) is 37.2 Å². The lowest BCUT2D eigenvalue weighted by molar-refractivity contribution is 0.152. The molecule has 148 valence electrons. The maximum atomic E-state index is 14.2. The van der Waals surface area contributed by atoms with Crippen LogP contribution in [0.3, 0.4) is 0 Å². The van der Waals surface area contributed by atoms with Crippen molar-refractivity contribution in [3.63, 3.8) is 0 Å². The van der Waals surface area contributed by atoms with E-state index in [1.807, 2.05) is 0 Å². The van der Waals surface area contributed by atoms with E-state index in [4.69, 9.17) is 12.2 Å². The summed E-state index contributed by atoms with van der Waals surface area (Å²) < 4.78 is 41.8. The molecule has 0 aliphatic carbocycles. The van der Waals surface area contributed by atoms with Crippen LogP contribution in [0.15, 0.2) is 24.3 Å². The predicted molar refractivity (Wildman–Crippen MR) is 106 cm³/mol. The van der Waals surface area contributed by atoms with E-state index >= 15 is 0 Å². The maximum absolute atomic E-state index is 14.2. The van der Waals surface area contributed by atoms with E-state index < -0.39 is 9.84 Å². The van der Waals surface area contributed by atoms with Gasteiger partial charge in [-0.1, -0.05) is 25.5 Å². The highest BCUT2D eigenvalue weighted by molar-refractivity contribution is 7.91. The molecule has 9 heteroatoms. The lowest BCUT2D eigenvalue weighted by Gasteiger charge is -2.27. The molecule has 1 aliphatic heterocycles. The zero-order valence-corrected chi connectivity index (χ0v) is 17.3. The van der Waals surface area contributed by atoms with Crippen LogP contribution in [-0.2, 0) is 23.6 Å². The Kier molecular flexibility index (Phi) is 6.12. The van der Waals surface area contributed by atoms with E-state index in [2.05, 4.69) is 16.9 Å². The minimum absolute atomic E-state index is 0.0256. The zero-order chi connectivity index (χ0) is 19.6. The van der Waals surface area contributed by atoms with Crippen LogP contribution in [0.5, 0.6) is 0 Å². The number of benzene rings is 1. The number of sulfone groups is 1. The Morgan fingerprint density at radius 2 is 2.11 bits per heavy atom. The summed E-state index contributed by atoms with van der Waals surface area (Å²) >= 11 is 5.50. The summed E-state index contributed by atoms with van der Waals surface area (Å²) in [6, 6.07) is 6.45. The first kappa shape index (κ1) is 20.2. The minimum atomic E-state index is -2.97. The van der Waals surface area contributed by atoms with Gasteiger partial charge in [0.05, 0.1) is 23.7 Å². The molecule has 0 spiro atoms. The molecule has 1 fully saturated rings. The molecule has 1 aliphatic rings. The molecular formula is C18H25FN4O2S2. The van der Waals surface area contributed by atoms with E-state index in [9.17, 15) is 12.8 Å². The molecule has 1 aromatic carbocycles. The third kappa shape index (κ3) is 4.47. The van der Waals surface area contributed by atoms with Gasteiger partial charge in [0.1, 0.15) is 5.82 Å². The second-order valence-corrected chi connectivity index (χ2v) is 9.60. The average Bonchev–Trinajstić information content (AvgIpc) is 3.13. The van der Waals surface area contributed by atoms with Gasteiger partial charge in [0, 0.05) is 19.6 Å². The van der Waals surface area contributed by atoms with Crippen molar-refractivity contribution in [3.05, 3.63) is 34.9 Å². The van der Waals surface area contributed by atoms with Gasteiger partial charge >= 0.3 is 0 Å². The number of hydrogen-bond acceptors (Lipinski definition) is 5. The maximum Gasteiger partial charge on any atom is 0.199 e. The largest absolute Gasteiger partial charge is 0.303 e. The Balaban J connectivity index is 1.89. The molecule has 0 amide bonds. The number of rotatable bonds is 7. The SMILES string of the molecule is CCCCN(Cn1nc(-c2ccccc2F)n(C)c1=S)[C@@H]1CCS(=O)(=O)C1. The highest BCUT2D eigenvalue weighted by Gasteiger charge is 2.32. The Labute approximate surface area is 164 Å². The van der Waals surface area contributed by atoms with E-state index in [-0.39, 0.29) is 23.4 Å². The van der Waals surface area contributed by atoms with Crippen LogP contribution in [0.2, 0.25) is 0 Å².